The smallest absolute Gasteiger partial charge is 0.320 e. The number of aromatic nitrogens is 4. The highest BCUT2D eigenvalue weighted by Gasteiger charge is 2.44. The van der Waals surface area contributed by atoms with Gasteiger partial charge < -0.3 is 30.5 Å². The van der Waals surface area contributed by atoms with Gasteiger partial charge in [0.25, 0.3) is 0 Å². The number of hydrogen-bond donors (Lipinski definition) is 4. The Kier molecular flexibility index (Phi) is 4.31. The summed E-state index contributed by atoms with van der Waals surface area (Å²) in [7, 11) is 0. The van der Waals surface area contributed by atoms with Gasteiger partial charge in [0.15, 0.2) is 23.2 Å². The van der Waals surface area contributed by atoms with Crippen LogP contribution in [0.15, 0.2) is 6.33 Å². The molecule has 0 spiro atoms. The fourth-order valence-corrected chi connectivity index (χ4v) is 2.47. The lowest BCUT2D eigenvalue weighted by atomic mass is 10.1. The molecule has 1 fully saturated rings. The summed E-state index contributed by atoms with van der Waals surface area (Å²) in [6.45, 7) is 1.97. The maximum atomic E-state index is 10.1. The Morgan fingerprint density at radius 2 is 2.13 bits per heavy atom. The SMILES string of the molecule is CCCOc1nc(N)c2ncn(C3O[C@@H](CO)[C@H](O)[C@@H]3O)c2n1. The summed E-state index contributed by atoms with van der Waals surface area (Å²) < 4.78 is 12.3. The van der Waals surface area contributed by atoms with Gasteiger partial charge in [-0.3, -0.25) is 4.57 Å². The molecule has 0 aromatic carbocycles. The molecule has 0 radical (unpaired) electrons. The molecule has 0 aliphatic carbocycles. The van der Waals surface area contributed by atoms with Gasteiger partial charge in [0.1, 0.15) is 18.3 Å². The Hall–Kier alpha value is -2.01. The number of aliphatic hydroxyl groups is 3. The Bertz CT molecular complexity index is 693. The molecule has 4 atom stereocenters. The molecule has 1 aliphatic heterocycles. The molecule has 3 rings (SSSR count). The topological polar surface area (TPSA) is 149 Å². The van der Waals surface area contributed by atoms with Gasteiger partial charge in [-0.2, -0.15) is 9.97 Å². The molecule has 3 heterocycles. The number of imidazole rings is 1. The zero-order valence-corrected chi connectivity index (χ0v) is 12.5. The molecule has 1 saturated heterocycles. The van der Waals surface area contributed by atoms with Gasteiger partial charge in [-0.25, -0.2) is 4.98 Å². The number of aliphatic hydroxyl groups excluding tert-OH is 3. The van der Waals surface area contributed by atoms with Crippen molar-refractivity contribution < 1.29 is 24.8 Å². The van der Waals surface area contributed by atoms with Crippen molar-refractivity contribution in [2.75, 3.05) is 18.9 Å². The second-order valence-corrected chi connectivity index (χ2v) is 5.29. The summed E-state index contributed by atoms with van der Waals surface area (Å²) >= 11 is 0. The number of fused-ring (bicyclic) bond motifs is 1. The summed E-state index contributed by atoms with van der Waals surface area (Å²) in [4.78, 5) is 12.4. The normalized spacial score (nSPS) is 27.7. The lowest BCUT2D eigenvalue weighted by Crippen LogP contribution is -2.33. The van der Waals surface area contributed by atoms with Crippen LogP contribution in [0.1, 0.15) is 19.6 Å². The summed E-state index contributed by atoms with van der Waals surface area (Å²) in [5.74, 6) is 0.145. The number of rotatable bonds is 5. The number of anilines is 1. The van der Waals surface area contributed by atoms with Crippen molar-refractivity contribution in [3.05, 3.63) is 6.33 Å². The van der Waals surface area contributed by atoms with Crippen molar-refractivity contribution >= 4 is 17.0 Å². The molecule has 126 valence electrons. The van der Waals surface area contributed by atoms with E-state index in [-0.39, 0.29) is 11.8 Å². The summed E-state index contributed by atoms with van der Waals surface area (Å²) in [5, 5.41) is 29.2. The van der Waals surface area contributed by atoms with Crippen LogP contribution in [0.5, 0.6) is 6.01 Å². The molecule has 0 bridgehead atoms. The molecule has 1 aliphatic rings. The third kappa shape index (κ3) is 2.70. The summed E-state index contributed by atoms with van der Waals surface area (Å²) in [5.41, 5.74) is 6.51. The van der Waals surface area contributed by atoms with Crippen LogP contribution in [0, 0.1) is 0 Å². The van der Waals surface area contributed by atoms with Gasteiger partial charge >= 0.3 is 6.01 Å². The minimum Gasteiger partial charge on any atom is -0.463 e. The van der Waals surface area contributed by atoms with Crippen LogP contribution < -0.4 is 10.5 Å². The molecule has 1 unspecified atom stereocenters. The van der Waals surface area contributed by atoms with Crippen molar-refractivity contribution in [3.8, 4) is 6.01 Å². The highest BCUT2D eigenvalue weighted by atomic mass is 16.6. The molecular formula is C13H19N5O5. The van der Waals surface area contributed by atoms with Gasteiger partial charge in [-0.15, -0.1) is 0 Å². The van der Waals surface area contributed by atoms with Crippen molar-refractivity contribution in [2.45, 2.75) is 37.9 Å². The first-order chi connectivity index (χ1) is 11.1. The Morgan fingerprint density at radius 3 is 2.78 bits per heavy atom. The first kappa shape index (κ1) is 15.9. The van der Waals surface area contributed by atoms with Crippen LogP contribution in [0.2, 0.25) is 0 Å². The van der Waals surface area contributed by atoms with E-state index in [0.717, 1.165) is 6.42 Å². The van der Waals surface area contributed by atoms with Crippen LogP contribution in [0.25, 0.3) is 11.2 Å². The summed E-state index contributed by atoms with van der Waals surface area (Å²) in [6, 6.07) is 0.102. The van der Waals surface area contributed by atoms with Gasteiger partial charge in [-0.05, 0) is 6.42 Å². The zero-order valence-electron chi connectivity index (χ0n) is 12.5. The maximum Gasteiger partial charge on any atom is 0.320 e. The number of ether oxygens (including phenoxy) is 2. The first-order valence-corrected chi connectivity index (χ1v) is 7.32. The van der Waals surface area contributed by atoms with Crippen LogP contribution in [-0.2, 0) is 4.74 Å². The minimum atomic E-state index is -1.24. The van der Waals surface area contributed by atoms with E-state index in [4.69, 9.17) is 15.2 Å². The van der Waals surface area contributed by atoms with Gasteiger partial charge in [0, 0.05) is 0 Å². The van der Waals surface area contributed by atoms with Crippen molar-refractivity contribution in [1.29, 1.82) is 0 Å². The molecule has 23 heavy (non-hydrogen) atoms. The number of hydrogen-bond acceptors (Lipinski definition) is 9. The van der Waals surface area contributed by atoms with E-state index in [2.05, 4.69) is 15.0 Å². The second kappa shape index (κ2) is 6.24. The molecular weight excluding hydrogens is 306 g/mol. The number of nitrogens with two attached hydrogens (primary N) is 1. The monoisotopic (exact) mass is 325 g/mol. The molecule has 5 N–H and O–H groups in total. The second-order valence-electron chi connectivity index (χ2n) is 5.29. The standard InChI is InChI=1S/C13H19N5O5/c1-2-3-22-13-16-10(14)7-11(17-13)18(5-15-7)12-9(21)8(20)6(4-19)23-12/h5-6,8-9,12,19-21H,2-4H2,1H3,(H2,14,16,17)/t6-,8-,9-,12?/m0/s1. The predicted molar refractivity (Wildman–Crippen MR) is 78.5 cm³/mol. The van der Waals surface area contributed by atoms with Crippen LogP contribution >= 0.6 is 0 Å². The van der Waals surface area contributed by atoms with E-state index >= 15 is 0 Å². The lowest BCUT2D eigenvalue weighted by molar-refractivity contribution is -0.0511. The molecule has 10 heteroatoms. The molecule has 10 nitrogen and oxygen atoms in total. The average Bonchev–Trinajstić information content (AvgIpc) is 3.08. The maximum absolute atomic E-state index is 10.1. The van der Waals surface area contributed by atoms with Gasteiger partial charge in [-0.1, -0.05) is 6.92 Å². The third-order valence-electron chi connectivity index (χ3n) is 3.65. The van der Waals surface area contributed by atoms with Gasteiger partial charge in [0.2, 0.25) is 0 Å². The van der Waals surface area contributed by atoms with Crippen LogP contribution in [-0.4, -0.2) is 66.4 Å². The van der Waals surface area contributed by atoms with Crippen molar-refractivity contribution in [3.63, 3.8) is 0 Å². The predicted octanol–water partition coefficient (Wildman–Crippen LogP) is -1.19. The third-order valence-corrected chi connectivity index (χ3v) is 3.65. The quantitative estimate of drug-likeness (QED) is 0.532. The highest BCUT2D eigenvalue weighted by Crippen LogP contribution is 2.32. The Balaban J connectivity index is 1.99. The largest absolute Gasteiger partial charge is 0.463 e. The Morgan fingerprint density at radius 1 is 1.35 bits per heavy atom. The van der Waals surface area contributed by atoms with Crippen LogP contribution in [0.4, 0.5) is 5.82 Å². The van der Waals surface area contributed by atoms with Crippen molar-refractivity contribution in [1.82, 2.24) is 19.5 Å². The first-order valence-electron chi connectivity index (χ1n) is 7.32. The molecule has 0 amide bonds. The van der Waals surface area contributed by atoms with E-state index < -0.39 is 31.1 Å². The van der Waals surface area contributed by atoms with E-state index in [0.29, 0.717) is 17.8 Å². The zero-order chi connectivity index (χ0) is 16.6. The van der Waals surface area contributed by atoms with E-state index in [9.17, 15) is 15.3 Å². The Labute approximate surface area is 131 Å². The van der Waals surface area contributed by atoms with Gasteiger partial charge in [0.05, 0.1) is 19.5 Å². The lowest BCUT2D eigenvalue weighted by Gasteiger charge is -2.16. The summed E-state index contributed by atoms with van der Waals surface area (Å²) in [6.07, 6.45) is -2.10. The minimum absolute atomic E-state index is 0.102. The van der Waals surface area contributed by atoms with E-state index in [1.807, 2.05) is 6.92 Å². The van der Waals surface area contributed by atoms with E-state index in [1.165, 1.54) is 10.9 Å². The molecule has 2 aromatic rings. The van der Waals surface area contributed by atoms with Crippen LogP contribution in [0.3, 0.4) is 0 Å². The fraction of sp³-hybridized carbons (Fsp3) is 0.615. The molecule has 2 aromatic heterocycles. The average molecular weight is 325 g/mol. The fourth-order valence-electron chi connectivity index (χ4n) is 2.47. The number of nitrogens with zero attached hydrogens (tertiary/aromatic N) is 4. The van der Waals surface area contributed by atoms with E-state index in [1.54, 1.807) is 0 Å². The number of nitrogen functional groups attached to an aromatic ring is 1. The van der Waals surface area contributed by atoms with Crippen molar-refractivity contribution in [2.24, 2.45) is 0 Å². The molecule has 0 saturated carbocycles. The highest BCUT2D eigenvalue weighted by molar-refractivity contribution is 5.82.